The van der Waals surface area contributed by atoms with E-state index in [4.69, 9.17) is 4.74 Å². The van der Waals surface area contributed by atoms with Crippen molar-refractivity contribution in [3.05, 3.63) is 0 Å². The molecule has 4 N–H and O–H groups in total. The molecular weight excluding hydrogens is 584 g/mol. The summed E-state index contributed by atoms with van der Waals surface area (Å²) in [5.41, 5.74) is -0.746. The van der Waals surface area contributed by atoms with Gasteiger partial charge in [-0.2, -0.15) is 0 Å². The van der Waals surface area contributed by atoms with E-state index in [1.807, 2.05) is 0 Å². The Bertz CT molecular complexity index is 1080. The maximum atomic E-state index is 13.9. The second-order valence-electron chi connectivity index (χ2n) is 13.0. The molecule has 1 aliphatic carbocycles. The maximum absolute atomic E-state index is 13.9. The van der Waals surface area contributed by atoms with E-state index in [0.717, 1.165) is 32.1 Å². The largest absolute Gasteiger partial charge is 0.444 e. The van der Waals surface area contributed by atoms with Crippen LogP contribution in [0.15, 0.2) is 0 Å². The molecule has 3 atom stereocenters. The van der Waals surface area contributed by atoms with E-state index in [1.54, 1.807) is 41.8 Å². The van der Waals surface area contributed by atoms with Gasteiger partial charge in [-0.05, 0) is 58.8 Å². The van der Waals surface area contributed by atoms with Gasteiger partial charge in [-0.25, -0.2) is 4.79 Å². The summed E-state index contributed by atoms with van der Waals surface area (Å²) < 4.78 is 5.43. The number of Topliss-reactive ketones (excluding diaryl/α,β-unsaturated/α-hetero) is 1. The lowest BCUT2D eigenvalue weighted by Crippen LogP contribution is -2.58. The molecule has 2 rings (SSSR count). The number of nitrogens with zero attached hydrogens (tertiary/aromatic N) is 2. The van der Waals surface area contributed by atoms with Gasteiger partial charge in [0.25, 0.3) is 5.91 Å². The van der Waals surface area contributed by atoms with Crippen molar-refractivity contribution in [3.8, 4) is 0 Å². The molecule has 14 nitrogen and oxygen atoms in total. The minimum absolute atomic E-state index is 0.0830. The summed E-state index contributed by atoms with van der Waals surface area (Å²) in [6, 6.07) is -2.86. The highest BCUT2D eigenvalue weighted by molar-refractivity contribution is 6.38. The van der Waals surface area contributed by atoms with Gasteiger partial charge in [-0.3, -0.25) is 28.8 Å². The van der Waals surface area contributed by atoms with Gasteiger partial charge in [0.05, 0.1) is 12.6 Å². The van der Waals surface area contributed by atoms with Crippen LogP contribution in [0.25, 0.3) is 0 Å². The van der Waals surface area contributed by atoms with Crippen molar-refractivity contribution in [1.82, 2.24) is 31.1 Å². The number of hydrogen-bond donors (Lipinski definition) is 4. The Kier molecular flexibility index (Phi) is 14.7. The second-order valence-corrected chi connectivity index (χ2v) is 13.0. The average Bonchev–Trinajstić information content (AvgIpc) is 3.47. The predicted molar refractivity (Wildman–Crippen MR) is 166 cm³/mol. The number of carbonyl (C=O) groups is 7. The van der Waals surface area contributed by atoms with Crippen LogP contribution in [-0.4, -0.2) is 109 Å². The molecule has 0 aromatic heterocycles. The van der Waals surface area contributed by atoms with Crippen LogP contribution in [0, 0.1) is 5.92 Å². The van der Waals surface area contributed by atoms with Crippen molar-refractivity contribution < 1.29 is 38.3 Å². The molecule has 0 bridgehead atoms. The molecule has 45 heavy (non-hydrogen) atoms. The number of ether oxygens (including phenoxy) is 1. The average molecular weight is 637 g/mol. The van der Waals surface area contributed by atoms with E-state index < -0.39 is 59.9 Å². The smallest absolute Gasteiger partial charge is 0.408 e. The fraction of sp³-hybridized carbons (Fsp3) is 0.774. The number of carbonyl (C=O) groups excluding carboxylic acids is 7. The summed E-state index contributed by atoms with van der Waals surface area (Å²) in [6.07, 6.45) is 5.48. The zero-order valence-electron chi connectivity index (χ0n) is 27.7. The molecule has 1 aliphatic heterocycles. The first kappa shape index (κ1) is 37.5. The predicted octanol–water partition coefficient (Wildman–Crippen LogP) is 1.02. The standard InChI is InChI=1S/C31H52N6O8/c1-7-12-21(26(40)28(42)33-19-23(38)32-17-16-24(39)36(5)6)34-27(41)22-15-11-18-37(22)29(43)25(20-13-9-8-10-14-20)35-30(44)45-31(2,3)4/h20-22,25H,7-19H2,1-6H3,(H,32,38)(H,33,42)(H,34,41)(H,35,44)/t21?,22-,25-/m0/s1. The van der Waals surface area contributed by atoms with Gasteiger partial charge in [0.15, 0.2) is 0 Å². The summed E-state index contributed by atoms with van der Waals surface area (Å²) in [7, 11) is 3.20. The van der Waals surface area contributed by atoms with E-state index in [0.29, 0.717) is 25.8 Å². The molecule has 2 fully saturated rings. The number of rotatable bonds is 14. The molecule has 0 radical (unpaired) electrons. The highest BCUT2D eigenvalue weighted by atomic mass is 16.6. The Balaban J connectivity index is 2.04. The van der Waals surface area contributed by atoms with Crippen LogP contribution in [0.4, 0.5) is 4.79 Å². The minimum Gasteiger partial charge on any atom is -0.444 e. The van der Waals surface area contributed by atoms with Crippen LogP contribution < -0.4 is 21.3 Å². The number of likely N-dealkylation sites (tertiary alicyclic amines) is 1. The monoisotopic (exact) mass is 636 g/mol. The van der Waals surface area contributed by atoms with Crippen molar-refractivity contribution in [2.24, 2.45) is 5.92 Å². The summed E-state index contributed by atoms with van der Waals surface area (Å²) in [4.78, 5) is 92.2. The molecule has 2 aliphatic rings. The van der Waals surface area contributed by atoms with Gasteiger partial charge < -0.3 is 35.8 Å². The van der Waals surface area contributed by atoms with Crippen LogP contribution >= 0.6 is 0 Å². The number of nitrogens with one attached hydrogen (secondary N) is 4. The van der Waals surface area contributed by atoms with Gasteiger partial charge in [-0.15, -0.1) is 0 Å². The van der Waals surface area contributed by atoms with Gasteiger partial charge in [-0.1, -0.05) is 32.6 Å². The maximum Gasteiger partial charge on any atom is 0.408 e. The Hall–Kier alpha value is -3.71. The third-order valence-corrected chi connectivity index (χ3v) is 7.90. The SMILES string of the molecule is CCCC(NC(=O)[C@@H]1CCCN1C(=O)[C@@H](NC(=O)OC(C)(C)C)C1CCCCC1)C(=O)C(=O)NCC(=O)NCCC(=O)N(C)C. The molecule has 6 amide bonds. The van der Waals surface area contributed by atoms with E-state index in [1.165, 1.54) is 9.80 Å². The quantitative estimate of drug-likeness (QED) is 0.204. The molecule has 254 valence electrons. The topological polar surface area (TPSA) is 183 Å². The van der Waals surface area contributed by atoms with Crippen molar-refractivity contribution in [1.29, 1.82) is 0 Å². The van der Waals surface area contributed by atoms with Crippen LogP contribution in [0.3, 0.4) is 0 Å². The zero-order valence-corrected chi connectivity index (χ0v) is 27.7. The number of hydrogen-bond acceptors (Lipinski definition) is 8. The minimum atomic E-state index is -1.14. The summed E-state index contributed by atoms with van der Waals surface area (Å²) in [5.74, 6) is -3.66. The fourth-order valence-corrected chi connectivity index (χ4v) is 5.59. The van der Waals surface area contributed by atoms with E-state index in [2.05, 4.69) is 21.3 Å². The fourth-order valence-electron chi connectivity index (χ4n) is 5.59. The Morgan fingerprint density at radius 2 is 1.58 bits per heavy atom. The first-order valence-corrected chi connectivity index (χ1v) is 16.0. The molecule has 0 aromatic rings. The van der Waals surface area contributed by atoms with Gasteiger partial charge in [0, 0.05) is 33.6 Å². The summed E-state index contributed by atoms with van der Waals surface area (Å²) >= 11 is 0. The lowest BCUT2D eigenvalue weighted by molar-refractivity contribution is -0.143. The van der Waals surface area contributed by atoms with Crippen molar-refractivity contribution in [3.63, 3.8) is 0 Å². The molecule has 0 spiro atoms. The molecule has 1 saturated heterocycles. The lowest BCUT2D eigenvalue weighted by Gasteiger charge is -2.35. The molecule has 14 heteroatoms. The Morgan fingerprint density at radius 1 is 0.911 bits per heavy atom. The lowest BCUT2D eigenvalue weighted by atomic mass is 9.83. The van der Waals surface area contributed by atoms with Gasteiger partial charge in [0.2, 0.25) is 29.4 Å². The zero-order chi connectivity index (χ0) is 33.7. The van der Waals surface area contributed by atoms with E-state index in [9.17, 15) is 33.6 Å². The molecule has 1 unspecified atom stereocenters. The van der Waals surface area contributed by atoms with E-state index >= 15 is 0 Å². The highest BCUT2D eigenvalue weighted by Crippen LogP contribution is 2.29. The van der Waals surface area contributed by atoms with Crippen LogP contribution in [-0.2, 0) is 33.5 Å². The normalized spacial score (nSPS) is 18.3. The number of amides is 6. The first-order valence-electron chi connectivity index (χ1n) is 16.0. The highest BCUT2D eigenvalue weighted by Gasteiger charge is 2.42. The van der Waals surface area contributed by atoms with Crippen molar-refractivity contribution >= 4 is 41.4 Å². The van der Waals surface area contributed by atoms with E-state index in [-0.39, 0.29) is 37.1 Å². The molecule has 1 saturated carbocycles. The Morgan fingerprint density at radius 3 is 2.18 bits per heavy atom. The molecular formula is C31H52N6O8. The Labute approximate surface area is 266 Å². The van der Waals surface area contributed by atoms with Crippen LogP contribution in [0.2, 0.25) is 0 Å². The number of alkyl carbamates (subject to hydrolysis) is 1. The first-order chi connectivity index (χ1) is 21.1. The summed E-state index contributed by atoms with van der Waals surface area (Å²) in [6.45, 7) is 6.96. The summed E-state index contributed by atoms with van der Waals surface area (Å²) in [5, 5.41) is 10.2. The van der Waals surface area contributed by atoms with Crippen molar-refractivity contribution in [2.75, 3.05) is 33.7 Å². The van der Waals surface area contributed by atoms with Crippen LogP contribution in [0.5, 0.6) is 0 Å². The third kappa shape index (κ3) is 12.3. The van der Waals surface area contributed by atoms with Crippen LogP contribution in [0.1, 0.15) is 91.9 Å². The van der Waals surface area contributed by atoms with Gasteiger partial charge >= 0.3 is 6.09 Å². The number of ketones is 1. The van der Waals surface area contributed by atoms with Crippen molar-refractivity contribution in [2.45, 2.75) is 116 Å². The van der Waals surface area contributed by atoms with Gasteiger partial charge in [0.1, 0.15) is 17.7 Å². The molecule has 0 aromatic carbocycles. The second kappa shape index (κ2) is 17.7. The third-order valence-electron chi connectivity index (χ3n) is 7.90. The molecule has 1 heterocycles.